The summed E-state index contributed by atoms with van der Waals surface area (Å²) in [7, 11) is 1.50. The Morgan fingerprint density at radius 3 is 1.90 bits per heavy atom. The Morgan fingerprint density at radius 2 is 1.29 bits per heavy atom. The first-order valence-corrected chi connectivity index (χ1v) is 10.5. The summed E-state index contributed by atoms with van der Waals surface area (Å²) in [6.45, 7) is 1.22. The zero-order valence-electron chi connectivity index (χ0n) is 17.6. The average molecular weight is 418 g/mol. The second-order valence-electron chi connectivity index (χ2n) is 7.63. The van der Waals surface area contributed by atoms with Gasteiger partial charge in [0, 0.05) is 0 Å². The van der Waals surface area contributed by atoms with E-state index in [4.69, 9.17) is 14.2 Å². The van der Waals surface area contributed by atoms with Crippen LogP contribution >= 0.6 is 0 Å². The Bertz CT molecular complexity index is 1060. The van der Waals surface area contributed by atoms with Gasteiger partial charge in [0.05, 0.1) is 7.11 Å². The van der Waals surface area contributed by atoms with Crippen LogP contribution < -0.4 is 14.2 Å². The largest absolute Gasteiger partial charge is 0.496 e. The van der Waals surface area contributed by atoms with Gasteiger partial charge < -0.3 is 19.3 Å². The molecule has 0 aromatic heterocycles. The van der Waals surface area contributed by atoms with Crippen LogP contribution in [0.25, 0.3) is 0 Å². The molecule has 1 heterocycles. The third-order valence-electron chi connectivity index (χ3n) is 5.53. The summed E-state index contributed by atoms with van der Waals surface area (Å²) in [4.78, 5) is 11.2. The number of carboxylic acids is 1. The normalized spacial score (nSPS) is 12.4. The molecule has 3 aromatic rings. The number of carboxylic acid groups (broad SMARTS) is 1. The summed E-state index contributed by atoms with van der Waals surface area (Å²) < 4.78 is 16.5. The van der Waals surface area contributed by atoms with Crippen molar-refractivity contribution in [2.45, 2.75) is 25.7 Å². The molecule has 0 bridgehead atoms. The number of aromatic carboxylic acids is 1. The first-order chi connectivity index (χ1) is 15.1. The lowest BCUT2D eigenvalue weighted by Crippen LogP contribution is -2.15. The third kappa shape index (κ3) is 5.18. The summed E-state index contributed by atoms with van der Waals surface area (Å²) in [5.41, 5.74) is 5.04. The van der Waals surface area contributed by atoms with Crippen molar-refractivity contribution in [2.24, 2.45) is 0 Å². The van der Waals surface area contributed by atoms with Gasteiger partial charge in [-0.25, -0.2) is 4.79 Å². The Labute approximate surface area is 182 Å². The van der Waals surface area contributed by atoms with Crippen molar-refractivity contribution in [3.8, 4) is 17.2 Å². The van der Waals surface area contributed by atoms with Crippen LogP contribution in [-0.4, -0.2) is 31.4 Å². The van der Waals surface area contributed by atoms with Crippen LogP contribution in [0.4, 0.5) is 0 Å². The quantitative estimate of drug-likeness (QED) is 0.573. The van der Waals surface area contributed by atoms with Gasteiger partial charge in [0.2, 0.25) is 0 Å². The van der Waals surface area contributed by atoms with E-state index >= 15 is 0 Å². The van der Waals surface area contributed by atoms with Gasteiger partial charge in [0.25, 0.3) is 0 Å². The summed E-state index contributed by atoms with van der Waals surface area (Å²) in [6, 6.07) is 20.1. The van der Waals surface area contributed by atoms with Crippen molar-refractivity contribution in [1.82, 2.24) is 0 Å². The molecule has 0 spiro atoms. The molecular formula is C26H26O5. The molecule has 0 aliphatic carbocycles. The Hall–Kier alpha value is -3.47. The summed E-state index contributed by atoms with van der Waals surface area (Å²) in [6.07, 6.45) is 3.63. The number of fused-ring (bicyclic) bond motifs is 1. The molecule has 31 heavy (non-hydrogen) atoms. The highest BCUT2D eigenvalue weighted by molar-refractivity contribution is 5.91. The Balaban J connectivity index is 1.32. The van der Waals surface area contributed by atoms with Crippen LogP contribution in [0.1, 0.15) is 32.6 Å². The van der Waals surface area contributed by atoms with E-state index in [2.05, 4.69) is 36.4 Å². The van der Waals surface area contributed by atoms with Crippen LogP contribution in [-0.2, 0) is 25.7 Å². The van der Waals surface area contributed by atoms with Crippen LogP contribution in [0, 0.1) is 0 Å². The SMILES string of the molecule is COc1cc(CCc2ccc(CCc3ccc4c(c3)OCCO4)cc2)ccc1C(=O)O. The molecule has 4 rings (SSSR count). The maximum atomic E-state index is 11.2. The molecular weight excluding hydrogens is 392 g/mol. The maximum Gasteiger partial charge on any atom is 0.339 e. The highest BCUT2D eigenvalue weighted by atomic mass is 16.6. The van der Waals surface area contributed by atoms with Crippen molar-refractivity contribution >= 4 is 5.97 Å². The molecule has 0 saturated heterocycles. The topological polar surface area (TPSA) is 65.0 Å². The zero-order chi connectivity index (χ0) is 21.6. The molecule has 1 N–H and O–H groups in total. The predicted octanol–water partition coefficient (Wildman–Crippen LogP) is 4.74. The van der Waals surface area contributed by atoms with E-state index in [0.717, 1.165) is 42.7 Å². The fourth-order valence-corrected chi connectivity index (χ4v) is 3.76. The second-order valence-corrected chi connectivity index (χ2v) is 7.63. The van der Waals surface area contributed by atoms with Gasteiger partial charge in [0.15, 0.2) is 11.5 Å². The number of methoxy groups -OCH3 is 1. The lowest BCUT2D eigenvalue weighted by Gasteiger charge is -2.18. The number of hydrogen-bond donors (Lipinski definition) is 1. The lowest BCUT2D eigenvalue weighted by molar-refractivity contribution is 0.0693. The van der Waals surface area contributed by atoms with Gasteiger partial charge in [-0.2, -0.15) is 0 Å². The maximum absolute atomic E-state index is 11.2. The highest BCUT2D eigenvalue weighted by Crippen LogP contribution is 2.31. The van der Waals surface area contributed by atoms with E-state index < -0.39 is 5.97 Å². The molecule has 1 aliphatic rings. The minimum absolute atomic E-state index is 0.189. The van der Waals surface area contributed by atoms with E-state index in [1.807, 2.05) is 18.2 Å². The van der Waals surface area contributed by atoms with Crippen molar-refractivity contribution in [3.63, 3.8) is 0 Å². The van der Waals surface area contributed by atoms with Crippen molar-refractivity contribution in [2.75, 3.05) is 20.3 Å². The summed E-state index contributed by atoms with van der Waals surface area (Å²) >= 11 is 0. The number of rotatable bonds is 8. The Morgan fingerprint density at radius 1 is 0.774 bits per heavy atom. The van der Waals surface area contributed by atoms with E-state index in [9.17, 15) is 9.90 Å². The van der Waals surface area contributed by atoms with Crippen LogP contribution in [0.2, 0.25) is 0 Å². The molecule has 0 fully saturated rings. The number of aryl methyl sites for hydroxylation is 4. The van der Waals surface area contributed by atoms with Crippen molar-refractivity contribution in [1.29, 1.82) is 0 Å². The number of ether oxygens (including phenoxy) is 3. The summed E-state index contributed by atoms with van der Waals surface area (Å²) in [5, 5.41) is 9.20. The molecule has 0 saturated carbocycles. The Kier molecular flexibility index (Phi) is 6.41. The van der Waals surface area contributed by atoms with E-state index in [1.165, 1.54) is 23.8 Å². The number of benzene rings is 3. The van der Waals surface area contributed by atoms with Gasteiger partial charge in [-0.15, -0.1) is 0 Å². The van der Waals surface area contributed by atoms with E-state index in [0.29, 0.717) is 19.0 Å². The minimum atomic E-state index is -0.977. The zero-order valence-corrected chi connectivity index (χ0v) is 17.6. The molecule has 1 aliphatic heterocycles. The molecule has 0 atom stereocenters. The molecule has 3 aromatic carbocycles. The van der Waals surface area contributed by atoms with Gasteiger partial charge >= 0.3 is 5.97 Å². The highest BCUT2D eigenvalue weighted by Gasteiger charge is 2.12. The number of carbonyl (C=O) groups is 1. The predicted molar refractivity (Wildman–Crippen MR) is 119 cm³/mol. The van der Waals surface area contributed by atoms with Gasteiger partial charge in [-0.3, -0.25) is 0 Å². The monoisotopic (exact) mass is 418 g/mol. The molecule has 5 nitrogen and oxygen atoms in total. The standard InChI is InChI=1S/C26H26O5/c1-29-24-16-20(10-12-22(24)26(27)28)8-6-18-2-4-19(5-3-18)7-9-21-11-13-23-25(17-21)31-15-14-30-23/h2-5,10-13,16-17H,6-9,14-15H2,1H3,(H,27,28). The second kappa shape index (κ2) is 9.56. The molecule has 5 heteroatoms. The van der Waals surface area contributed by atoms with E-state index in [-0.39, 0.29) is 5.56 Å². The lowest BCUT2D eigenvalue weighted by atomic mass is 9.99. The fourth-order valence-electron chi connectivity index (χ4n) is 3.76. The molecule has 0 radical (unpaired) electrons. The van der Waals surface area contributed by atoms with Crippen LogP contribution in [0.5, 0.6) is 17.2 Å². The average Bonchev–Trinajstić information content (AvgIpc) is 2.81. The number of hydrogen-bond acceptors (Lipinski definition) is 4. The van der Waals surface area contributed by atoms with E-state index in [1.54, 1.807) is 6.07 Å². The van der Waals surface area contributed by atoms with Gasteiger partial charge in [0.1, 0.15) is 24.5 Å². The molecule has 0 amide bonds. The minimum Gasteiger partial charge on any atom is -0.496 e. The summed E-state index contributed by atoms with van der Waals surface area (Å²) in [5.74, 6) is 1.09. The first kappa shape index (κ1) is 20.8. The fraction of sp³-hybridized carbons (Fsp3) is 0.269. The smallest absolute Gasteiger partial charge is 0.339 e. The van der Waals surface area contributed by atoms with Crippen LogP contribution in [0.3, 0.4) is 0 Å². The third-order valence-corrected chi connectivity index (χ3v) is 5.53. The van der Waals surface area contributed by atoms with Gasteiger partial charge in [-0.05, 0) is 72.2 Å². The van der Waals surface area contributed by atoms with Crippen molar-refractivity contribution in [3.05, 3.63) is 88.5 Å². The molecule has 160 valence electrons. The van der Waals surface area contributed by atoms with Crippen LogP contribution in [0.15, 0.2) is 60.7 Å². The van der Waals surface area contributed by atoms with Crippen molar-refractivity contribution < 1.29 is 24.1 Å². The first-order valence-electron chi connectivity index (χ1n) is 10.5. The van der Waals surface area contributed by atoms with Gasteiger partial charge in [-0.1, -0.05) is 36.4 Å². The molecule has 0 unspecified atom stereocenters.